The van der Waals surface area contributed by atoms with Crippen LogP contribution in [-0.2, 0) is 4.79 Å². The van der Waals surface area contributed by atoms with Gasteiger partial charge in [-0.15, -0.1) is 0 Å². The molecule has 0 aliphatic heterocycles. The molecule has 1 unspecified atom stereocenters. The highest BCUT2D eigenvalue weighted by atomic mass is 16.1. The molecule has 0 aliphatic carbocycles. The van der Waals surface area contributed by atoms with Gasteiger partial charge in [0.1, 0.15) is 0 Å². The molecule has 0 aromatic rings. The number of nitrogens with one attached hydrogen (secondary N) is 1. The van der Waals surface area contributed by atoms with Crippen molar-refractivity contribution >= 4 is 5.91 Å². The summed E-state index contributed by atoms with van der Waals surface area (Å²) in [5.41, 5.74) is -0.0826. The van der Waals surface area contributed by atoms with Crippen molar-refractivity contribution in [3.8, 4) is 0 Å². The number of amides is 1. The van der Waals surface area contributed by atoms with Crippen molar-refractivity contribution in [1.29, 1.82) is 0 Å². The molecule has 0 heterocycles. The molecule has 0 aromatic carbocycles. The number of hydrogen-bond donors (Lipinski definition) is 1. The largest absolute Gasteiger partial charge is 0.351 e. The zero-order chi connectivity index (χ0) is 11.4. The summed E-state index contributed by atoms with van der Waals surface area (Å²) in [6, 6.07) is 0. The van der Waals surface area contributed by atoms with Crippen molar-refractivity contribution in [2.45, 2.75) is 59.9 Å². The highest BCUT2D eigenvalue weighted by Gasteiger charge is 2.26. The van der Waals surface area contributed by atoms with Gasteiger partial charge in [0, 0.05) is 12.0 Å². The lowest BCUT2D eigenvalue weighted by atomic mass is 9.86. The molecular formula is C12H25NO. The quantitative estimate of drug-likeness (QED) is 0.724. The molecule has 0 bridgehead atoms. The first-order valence-electron chi connectivity index (χ1n) is 5.60. The molecule has 2 heteroatoms. The van der Waals surface area contributed by atoms with Gasteiger partial charge >= 0.3 is 0 Å². The summed E-state index contributed by atoms with van der Waals surface area (Å²) in [5.74, 6) is 1.12. The van der Waals surface area contributed by atoms with Crippen LogP contribution in [0.3, 0.4) is 0 Å². The zero-order valence-corrected chi connectivity index (χ0v) is 10.5. The van der Waals surface area contributed by atoms with Crippen LogP contribution in [-0.4, -0.2) is 11.4 Å². The van der Waals surface area contributed by atoms with Gasteiger partial charge in [-0.1, -0.05) is 34.1 Å². The van der Waals surface area contributed by atoms with Crippen LogP contribution in [0.4, 0.5) is 0 Å². The van der Waals surface area contributed by atoms with Gasteiger partial charge < -0.3 is 5.32 Å². The summed E-state index contributed by atoms with van der Waals surface area (Å²) in [6.07, 6.45) is 1.72. The van der Waals surface area contributed by atoms with Crippen LogP contribution in [0.1, 0.15) is 54.4 Å². The van der Waals surface area contributed by atoms with Crippen molar-refractivity contribution in [3.05, 3.63) is 0 Å². The molecule has 0 aromatic heterocycles. The summed E-state index contributed by atoms with van der Waals surface area (Å²) in [4.78, 5) is 11.6. The van der Waals surface area contributed by atoms with E-state index in [2.05, 4.69) is 46.9 Å². The number of carbonyl (C=O) groups excluding carboxylic acids is 1. The monoisotopic (exact) mass is 199 g/mol. The van der Waals surface area contributed by atoms with Gasteiger partial charge in [-0.2, -0.15) is 0 Å². The number of rotatable bonds is 5. The van der Waals surface area contributed by atoms with Crippen LogP contribution in [0.5, 0.6) is 0 Å². The first kappa shape index (κ1) is 13.5. The van der Waals surface area contributed by atoms with E-state index in [4.69, 9.17) is 0 Å². The van der Waals surface area contributed by atoms with Gasteiger partial charge in [-0.25, -0.2) is 0 Å². The molecular weight excluding hydrogens is 174 g/mol. The van der Waals surface area contributed by atoms with Crippen molar-refractivity contribution in [2.75, 3.05) is 0 Å². The SMILES string of the molecule is CCC(C)C(C)(C)NC(=O)CC(C)C. The smallest absolute Gasteiger partial charge is 0.220 e. The van der Waals surface area contributed by atoms with Crippen molar-refractivity contribution in [1.82, 2.24) is 5.32 Å². The first-order valence-corrected chi connectivity index (χ1v) is 5.60. The Morgan fingerprint density at radius 1 is 1.29 bits per heavy atom. The second-order valence-corrected chi connectivity index (χ2v) is 5.18. The van der Waals surface area contributed by atoms with E-state index in [0.29, 0.717) is 18.3 Å². The molecule has 0 fully saturated rings. The highest BCUT2D eigenvalue weighted by Crippen LogP contribution is 2.19. The van der Waals surface area contributed by atoms with Crippen molar-refractivity contribution in [3.63, 3.8) is 0 Å². The fraction of sp³-hybridized carbons (Fsp3) is 0.917. The van der Waals surface area contributed by atoms with Crippen molar-refractivity contribution < 1.29 is 4.79 Å². The Kier molecular flexibility index (Phi) is 5.17. The summed E-state index contributed by atoms with van der Waals surface area (Å²) in [7, 11) is 0. The summed E-state index contributed by atoms with van der Waals surface area (Å²) >= 11 is 0. The summed E-state index contributed by atoms with van der Waals surface area (Å²) in [6.45, 7) is 12.7. The van der Waals surface area contributed by atoms with E-state index in [1.54, 1.807) is 0 Å². The van der Waals surface area contributed by atoms with Gasteiger partial charge in [-0.3, -0.25) is 4.79 Å². The minimum atomic E-state index is -0.0826. The Morgan fingerprint density at radius 2 is 1.79 bits per heavy atom. The molecule has 0 spiro atoms. The lowest BCUT2D eigenvalue weighted by Gasteiger charge is -2.32. The second-order valence-electron chi connectivity index (χ2n) is 5.18. The lowest BCUT2D eigenvalue weighted by molar-refractivity contribution is -0.123. The highest BCUT2D eigenvalue weighted by molar-refractivity contribution is 5.76. The van der Waals surface area contributed by atoms with Crippen LogP contribution >= 0.6 is 0 Å². The Balaban J connectivity index is 4.14. The standard InChI is InChI=1S/C12H25NO/c1-7-10(4)12(5,6)13-11(14)8-9(2)3/h9-10H,7-8H2,1-6H3,(H,13,14). The maximum Gasteiger partial charge on any atom is 0.220 e. The molecule has 0 saturated heterocycles. The molecule has 0 radical (unpaired) electrons. The third-order valence-corrected chi connectivity index (χ3v) is 2.90. The molecule has 14 heavy (non-hydrogen) atoms. The molecule has 1 N–H and O–H groups in total. The Morgan fingerprint density at radius 3 is 2.14 bits per heavy atom. The topological polar surface area (TPSA) is 29.1 Å². The van der Waals surface area contributed by atoms with Crippen LogP contribution in [0.25, 0.3) is 0 Å². The third-order valence-electron chi connectivity index (χ3n) is 2.90. The predicted molar refractivity (Wildman–Crippen MR) is 61.1 cm³/mol. The lowest BCUT2D eigenvalue weighted by Crippen LogP contribution is -2.48. The summed E-state index contributed by atoms with van der Waals surface area (Å²) < 4.78 is 0. The molecule has 84 valence electrons. The van der Waals surface area contributed by atoms with Gasteiger partial charge in [0.2, 0.25) is 5.91 Å². The predicted octanol–water partition coefficient (Wildman–Crippen LogP) is 2.97. The second kappa shape index (κ2) is 5.38. The molecule has 0 aliphatic rings. The molecule has 0 rings (SSSR count). The Hall–Kier alpha value is -0.530. The maximum atomic E-state index is 11.6. The van der Waals surface area contributed by atoms with E-state index in [1.807, 2.05) is 0 Å². The summed E-state index contributed by atoms with van der Waals surface area (Å²) in [5, 5.41) is 3.10. The maximum absolute atomic E-state index is 11.6. The van der Waals surface area contributed by atoms with E-state index in [9.17, 15) is 4.79 Å². The first-order chi connectivity index (χ1) is 6.29. The normalized spacial score (nSPS) is 14.2. The average molecular weight is 199 g/mol. The van der Waals surface area contributed by atoms with E-state index in [1.165, 1.54) is 0 Å². The van der Waals surface area contributed by atoms with Crippen LogP contribution in [0.2, 0.25) is 0 Å². The van der Waals surface area contributed by atoms with E-state index in [-0.39, 0.29) is 11.4 Å². The van der Waals surface area contributed by atoms with Gasteiger partial charge in [0.05, 0.1) is 0 Å². The fourth-order valence-corrected chi connectivity index (χ4v) is 1.41. The minimum absolute atomic E-state index is 0.0826. The van der Waals surface area contributed by atoms with Crippen molar-refractivity contribution in [2.24, 2.45) is 11.8 Å². The number of carbonyl (C=O) groups is 1. The van der Waals surface area contributed by atoms with Crippen LogP contribution < -0.4 is 5.32 Å². The fourth-order valence-electron chi connectivity index (χ4n) is 1.41. The Labute approximate surface area is 88.5 Å². The van der Waals surface area contributed by atoms with E-state index < -0.39 is 0 Å². The van der Waals surface area contributed by atoms with Crippen LogP contribution in [0, 0.1) is 11.8 Å². The van der Waals surface area contributed by atoms with E-state index >= 15 is 0 Å². The molecule has 2 nitrogen and oxygen atoms in total. The average Bonchev–Trinajstić information content (AvgIpc) is 1.99. The van der Waals surface area contributed by atoms with Gasteiger partial charge in [0.25, 0.3) is 0 Å². The Bertz CT molecular complexity index is 185. The van der Waals surface area contributed by atoms with Gasteiger partial charge in [0.15, 0.2) is 0 Å². The third kappa shape index (κ3) is 4.64. The number of hydrogen-bond acceptors (Lipinski definition) is 1. The molecule has 1 amide bonds. The molecule has 0 saturated carbocycles. The zero-order valence-electron chi connectivity index (χ0n) is 10.5. The van der Waals surface area contributed by atoms with E-state index in [0.717, 1.165) is 6.42 Å². The van der Waals surface area contributed by atoms with Gasteiger partial charge in [-0.05, 0) is 25.7 Å². The minimum Gasteiger partial charge on any atom is -0.351 e. The molecule has 1 atom stereocenters. The van der Waals surface area contributed by atoms with Crippen LogP contribution in [0.15, 0.2) is 0 Å².